The molecular formula is C14H14F3NO5. The number of ether oxygens (including phenoxy) is 2. The van der Waals surface area contributed by atoms with Crippen LogP contribution in [-0.2, 0) is 9.53 Å². The lowest BCUT2D eigenvalue weighted by Crippen LogP contribution is -2.38. The van der Waals surface area contributed by atoms with Gasteiger partial charge in [-0.05, 0) is 18.2 Å². The van der Waals surface area contributed by atoms with Crippen molar-refractivity contribution in [2.24, 2.45) is 5.92 Å². The number of amides is 1. The van der Waals surface area contributed by atoms with Gasteiger partial charge in [0.25, 0.3) is 5.91 Å². The molecule has 1 amide bonds. The Labute approximate surface area is 129 Å². The number of halogens is 3. The summed E-state index contributed by atoms with van der Waals surface area (Å²) in [5.41, 5.74) is -0.0159. The van der Waals surface area contributed by atoms with Crippen LogP contribution in [0.15, 0.2) is 24.3 Å². The molecule has 2 rings (SSSR count). The molecule has 0 radical (unpaired) electrons. The zero-order chi connectivity index (χ0) is 17.0. The number of carbonyl (C=O) groups is 2. The number of carbonyl (C=O) groups excluding carboxylic acids is 1. The second-order valence-electron chi connectivity index (χ2n) is 4.94. The highest BCUT2D eigenvalue weighted by molar-refractivity contribution is 5.94. The number of hydrogen-bond donors (Lipinski definition) is 1. The van der Waals surface area contributed by atoms with Gasteiger partial charge in [-0.25, -0.2) is 0 Å². The normalized spacial score (nSPS) is 19.1. The summed E-state index contributed by atoms with van der Waals surface area (Å²) >= 11 is 0. The Morgan fingerprint density at radius 3 is 2.74 bits per heavy atom. The fourth-order valence-corrected chi connectivity index (χ4v) is 2.15. The summed E-state index contributed by atoms with van der Waals surface area (Å²) in [5.74, 6) is -3.06. The molecule has 0 aromatic heterocycles. The van der Waals surface area contributed by atoms with Crippen LogP contribution in [0.2, 0.25) is 0 Å². The Bertz CT molecular complexity index is 590. The molecule has 1 N–H and O–H groups in total. The first-order chi connectivity index (χ1) is 10.8. The number of carboxylic acids is 1. The Morgan fingerprint density at radius 2 is 2.09 bits per heavy atom. The van der Waals surface area contributed by atoms with Crippen molar-refractivity contribution in [2.45, 2.75) is 6.36 Å². The van der Waals surface area contributed by atoms with Crippen molar-refractivity contribution in [3.8, 4) is 5.75 Å². The molecule has 0 bridgehead atoms. The van der Waals surface area contributed by atoms with Gasteiger partial charge in [-0.15, -0.1) is 13.2 Å². The lowest BCUT2D eigenvalue weighted by Gasteiger charge is -2.22. The second kappa shape index (κ2) is 6.86. The summed E-state index contributed by atoms with van der Waals surface area (Å²) in [5, 5.41) is 9.04. The quantitative estimate of drug-likeness (QED) is 0.912. The Hall–Kier alpha value is -2.29. The van der Waals surface area contributed by atoms with Gasteiger partial charge in [0.15, 0.2) is 0 Å². The minimum Gasteiger partial charge on any atom is -0.481 e. The molecular weight excluding hydrogens is 319 g/mol. The fourth-order valence-electron chi connectivity index (χ4n) is 2.15. The van der Waals surface area contributed by atoms with E-state index in [0.29, 0.717) is 0 Å². The van der Waals surface area contributed by atoms with Crippen molar-refractivity contribution in [3.05, 3.63) is 29.8 Å². The van der Waals surface area contributed by atoms with E-state index in [9.17, 15) is 22.8 Å². The van der Waals surface area contributed by atoms with Crippen LogP contribution in [-0.4, -0.2) is 54.5 Å². The SMILES string of the molecule is O=C(O)C1COCCN(C(=O)c2cccc(OC(F)(F)F)c2)C1. The molecule has 0 spiro atoms. The highest BCUT2D eigenvalue weighted by Gasteiger charge is 2.32. The molecule has 1 aliphatic rings. The molecule has 0 aliphatic carbocycles. The minimum atomic E-state index is -4.85. The van der Waals surface area contributed by atoms with Gasteiger partial charge in [0.2, 0.25) is 0 Å². The van der Waals surface area contributed by atoms with E-state index in [2.05, 4.69) is 4.74 Å². The van der Waals surface area contributed by atoms with E-state index in [1.54, 1.807) is 0 Å². The maximum absolute atomic E-state index is 12.4. The molecule has 1 atom stereocenters. The molecule has 1 fully saturated rings. The average molecular weight is 333 g/mol. The molecule has 9 heteroatoms. The molecule has 1 saturated heterocycles. The Morgan fingerprint density at radius 1 is 1.35 bits per heavy atom. The number of hydrogen-bond acceptors (Lipinski definition) is 4. The predicted octanol–water partition coefficient (Wildman–Crippen LogP) is 1.76. The maximum atomic E-state index is 12.4. The molecule has 1 aromatic rings. The fraction of sp³-hybridized carbons (Fsp3) is 0.429. The smallest absolute Gasteiger partial charge is 0.481 e. The molecule has 1 heterocycles. The molecule has 1 aromatic carbocycles. The zero-order valence-electron chi connectivity index (χ0n) is 11.9. The van der Waals surface area contributed by atoms with Crippen molar-refractivity contribution >= 4 is 11.9 Å². The molecule has 1 aliphatic heterocycles. The van der Waals surface area contributed by atoms with Crippen LogP contribution in [0.4, 0.5) is 13.2 Å². The van der Waals surface area contributed by atoms with Gasteiger partial charge in [0.05, 0.1) is 19.1 Å². The first kappa shape index (κ1) is 17.1. The standard InChI is InChI=1S/C14H14F3NO5/c15-14(16,17)23-11-3-1-2-9(6-11)12(19)18-4-5-22-8-10(7-18)13(20)21/h1-3,6,10H,4-5,7-8H2,(H,20,21). The summed E-state index contributed by atoms with van der Waals surface area (Å²) in [6.45, 7) is 0.232. The number of nitrogens with zero attached hydrogens (tertiary/aromatic N) is 1. The highest BCUT2D eigenvalue weighted by Crippen LogP contribution is 2.24. The summed E-state index contributed by atoms with van der Waals surface area (Å²) in [6, 6.07) is 4.65. The highest BCUT2D eigenvalue weighted by atomic mass is 19.4. The first-order valence-electron chi connectivity index (χ1n) is 6.72. The third-order valence-corrected chi connectivity index (χ3v) is 3.22. The number of aliphatic carboxylic acids is 1. The summed E-state index contributed by atoms with van der Waals surface area (Å²) < 4.78 is 45.6. The lowest BCUT2D eigenvalue weighted by atomic mass is 10.1. The van der Waals surface area contributed by atoms with Crippen LogP contribution in [0.1, 0.15) is 10.4 Å². The lowest BCUT2D eigenvalue weighted by molar-refractivity contribution is -0.274. The Kier molecular flexibility index (Phi) is 5.09. The minimum absolute atomic E-state index is 0.0159. The van der Waals surface area contributed by atoms with Crippen LogP contribution in [0.25, 0.3) is 0 Å². The van der Waals surface area contributed by atoms with E-state index < -0.39 is 29.9 Å². The van der Waals surface area contributed by atoms with Crippen molar-refractivity contribution in [3.63, 3.8) is 0 Å². The van der Waals surface area contributed by atoms with Crippen LogP contribution in [0.5, 0.6) is 5.75 Å². The van der Waals surface area contributed by atoms with Gasteiger partial charge >= 0.3 is 12.3 Å². The van der Waals surface area contributed by atoms with Crippen LogP contribution in [0, 0.1) is 5.92 Å². The van der Waals surface area contributed by atoms with E-state index >= 15 is 0 Å². The molecule has 126 valence electrons. The topological polar surface area (TPSA) is 76.1 Å². The third kappa shape index (κ3) is 4.85. The number of rotatable bonds is 3. The summed E-state index contributed by atoms with van der Waals surface area (Å²) in [6.07, 6.45) is -4.85. The number of benzene rings is 1. The average Bonchev–Trinajstić information content (AvgIpc) is 2.71. The van der Waals surface area contributed by atoms with Gasteiger partial charge in [0, 0.05) is 18.7 Å². The molecule has 0 saturated carbocycles. The monoisotopic (exact) mass is 333 g/mol. The third-order valence-electron chi connectivity index (χ3n) is 3.22. The predicted molar refractivity (Wildman–Crippen MR) is 71.0 cm³/mol. The van der Waals surface area contributed by atoms with Crippen LogP contribution < -0.4 is 4.74 Å². The summed E-state index contributed by atoms with van der Waals surface area (Å²) in [7, 11) is 0. The van der Waals surface area contributed by atoms with Crippen molar-refractivity contribution in [1.82, 2.24) is 4.90 Å². The molecule has 23 heavy (non-hydrogen) atoms. The van der Waals surface area contributed by atoms with Gasteiger partial charge < -0.3 is 19.5 Å². The van der Waals surface area contributed by atoms with Gasteiger partial charge in [0.1, 0.15) is 5.75 Å². The van der Waals surface area contributed by atoms with Gasteiger partial charge in [-0.1, -0.05) is 6.07 Å². The van der Waals surface area contributed by atoms with Crippen LogP contribution in [0.3, 0.4) is 0 Å². The van der Waals surface area contributed by atoms with Gasteiger partial charge in [-0.2, -0.15) is 0 Å². The molecule has 1 unspecified atom stereocenters. The second-order valence-corrected chi connectivity index (χ2v) is 4.94. The van der Waals surface area contributed by atoms with E-state index in [0.717, 1.165) is 12.1 Å². The van der Waals surface area contributed by atoms with Crippen LogP contribution >= 0.6 is 0 Å². The van der Waals surface area contributed by atoms with E-state index in [1.807, 2.05) is 0 Å². The van der Waals surface area contributed by atoms with Crippen molar-refractivity contribution < 1.29 is 37.3 Å². The molecule has 6 nitrogen and oxygen atoms in total. The maximum Gasteiger partial charge on any atom is 0.573 e. The van der Waals surface area contributed by atoms with E-state index in [1.165, 1.54) is 17.0 Å². The van der Waals surface area contributed by atoms with Gasteiger partial charge in [-0.3, -0.25) is 9.59 Å². The number of alkyl halides is 3. The zero-order valence-corrected chi connectivity index (χ0v) is 11.9. The van der Waals surface area contributed by atoms with E-state index in [-0.39, 0.29) is 31.9 Å². The first-order valence-corrected chi connectivity index (χ1v) is 6.72. The largest absolute Gasteiger partial charge is 0.573 e. The van der Waals surface area contributed by atoms with Crippen molar-refractivity contribution in [1.29, 1.82) is 0 Å². The summed E-state index contributed by atoms with van der Waals surface area (Å²) in [4.78, 5) is 24.7. The Balaban J connectivity index is 2.15. The van der Waals surface area contributed by atoms with Crippen molar-refractivity contribution in [2.75, 3.05) is 26.3 Å². The van der Waals surface area contributed by atoms with E-state index in [4.69, 9.17) is 9.84 Å². The number of carboxylic acid groups (broad SMARTS) is 1.